The van der Waals surface area contributed by atoms with E-state index in [9.17, 15) is 4.79 Å². The standard InChI is InChI=1S/C19H22N4OS/c1-12-14(18(24)23-7-8-25-19(23)21-12)4-6-22-10-13-9-15(16(13)11-22)17-3-2-5-20-17/h2-3,5,7-8,13,15-16,20H,4,6,9-11H2,1H3. The number of nitrogens with zero attached hydrogens (tertiary/aromatic N) is 3. The number of nitrogens with one attached hydrogen (secondary N) is 1. The molecule has 5 rings (SSSR count). The molecular formula is C19H22N4OS. The van der Waals surface area contributed by atoms with Crippen molar-refractivity contribution in [3.63, 3.8) is 0 Å². The summed E-state index contributed by atoms with van der Waals surface area (Å²) < 4.78 is 1.68. The molecule has 1 N–H and O–H groups in total. The van der Waals surface area contributed by atoms with Crippen molar-refractivity contribution in [2.75, 3.05) is 19.6 Å². The van der Waals surface area contributed by atoms with Crippen molar-refractivity contribution in [1.82, 2.24) is 19.3 Å². The highest BCUT2D eigenvalue weighted by Gasteiger charge is 2.47. The van der Waals surface area contributed by atoms with E-state index in [0.29, 0.717) is 5.92 Å². The number of fused-ring (bicyclic) bond motifs is 2. The van der Waals surface area contributed by atoms with Gasteiger partial charge in [0, 0.05) is 60.3 Å². The zero-order chi connectivity index (χ0) is 17.0. The fourth-order valence-electron chi connectivity index (χ4n) is 4.69. The Kier molecular flexibility index (Phi) is 3.57. The maximum absolute atomic E-state index is 12.7. The number of hydrogen-bond donors (Lipinski definition) is 1. The van der Waals surface area contributed by atoms with Crippen LogP contribution in [0.5, 0.6) is 0 Å². The minimum atomic E-state index is 0.107. The quantitative estimate of drug-likeness (QED) is 0.784. The maximum atomic E-state index is 12.7. The third kappa shape index (κ3) is 2.47. The molecule has 130 valence electrons. The van der Waals surface area contributed by atoms with Crippen LogP contribution in [0.25, 0.3) is 4.96 Å². The normalized spacial score (nSPS) is 26.0. The molecule has 1 aliphatic carbocycles. The summed E-state index contributed by atoms with van der Waals surface area (Å²) in [4.78, 5) is 24.0. The van der Waals surface area contributed by atoms with Gasteiger partial charge in [0.05, 0.1) is 0 Å². The SMILES string of the molecule is Cc1nc2sccn2c(=O)c1CCN1CC2CC(c3ccc[nH]3)C2C1. The molecule has 25 heavy (non-hydrogen) atoms. The third-order valence-electron chi connectivity index (χ3n) is 6.11. The molecule has 3 atom stereocenters. The number of rotatable bonds is 4. The molecule has 5 nitrogen and oxygen atoms in total. The summed E-state index contributed by atoms with van der Waals surface area (Å²) in [5.74, 6) is 2.30. The third-order valence-corrected chi connectivity index (χ3v) is 6.86. The van der Waals surface area contributed by atoms with Crippen molar-refractivity contribution < 1.29 is 0 Å². The van der Waals surface area contributed by atoms with E-state index in [2.05, 4.69) is 27.0 Å². The minimum absolute atomic E-state index is 0.107. The molecule has 2 aliphatic rings. The summed E-state index contributed by atoms with van der Waals surface area (Å²) in [6, 6.07) is 4.31. The van der Waals surface area contributed by atoms with Gasteiger partial charge in [0.1, 0.15) is 0 Å². The molecule has 0 spiro atoms. The van der Waals surface area contributed by atoms with Gasteiger partial charge in [-0.3, -0.25) is 9.20 Å². The number of likely N-dealkylation sites (tertiary alicyclic amines) is 1. The molecule has 0 bridgehead atoms. The van der Waals surface area contributed by atoms with Gasteiger partial charge < -0.3 is 9.88 Å². The molecule has 3 unspecified atom stereocenters. The molecule has 1 saturated carbocycles. The number of aryl methyl sites for hydroxylation is 1. The van der Waals surface area contributed by atoms with Crippen LogP contribution in [0, 0.1) is 18.8 Å². The van der Waals surface area contributed by atoms with E-state index >= 15 is 0 Å². The lowest BCUT2D eigenvalue weighted by Crippen LogP contribution is -2.33. The van der Waals surface area contributed by atoms with E-state index in [1.807, 2.05) is 24.7 Å². The van der Waals surface area contributed by atoms with E-state index in [1.54, 1.807) is 4.40 Å². The molecule has 4 heterocycles. The summed E-state index contributed by atoms with van der Waals surface area (Å²) >= 11 is 1.51. The first kappa shape index (κ1) is 15.3. The van der Waals surface area contributed by atoms with Crippen LogP contribution in [0.4, 0.5) is 0 Å². The van der Waals surface area contributed by atoms with E-state index in [4.69, 9.17) is 0 Å². The molecule has 1 aliphatic heterocycles. The van der Waals surface area contributed by atoms with Crippen molar-refractivity contribution in [3.8, 4) is 0 Å². The molecule has 2 fully saturated rings. The summed E-state index contributed by atoms with van der Waals surface area (Å²) in [6.07, 6.45) is 5.95. The molecule has 3 aromatic rings. The van der Waals surface area contributed by atoms with Gasteiger partial charge in [0.15, 0.2) is 4.96 Å². The Morgan fingerprint density at radius 3 is 3.16 bits per heavy atom. The Labute approximate surface area is 150 Å². The van der Waals surface area contributed by atoms with Crippen LogP contribution in [0.1, 0.15) is 29.3 Å². The second-order valence-corrected chi connectivity index (χ2v) is 8.31. The predicted octanol–water partition coefficient (Wildman–Crippen LogP) is 2.67. The van der Waals surface area contributed by atoms with E-state index in [-0.39, 0.29) is 5.56 Å². The van der Waals surface area contributed by atoms with Crippen LogP contribution in [-0.4, -0.2) is 38.9 Å². The van der Waals surface area contributed by atoms with Crippen LogP contribution in [0.15, 0.2) is 34.7 Å². The largest absolute Gasteiger partial charge is 0.365 e. The predicted molar refractivity (Wildman–Crippen MR) is 99.4 cm³/mol. The average Bonchev–Trinajstić information content (AvgIpc) is 3.30. The number of aromatic nitrogens is 3. The maximum Gasteiger partial charge on any atom is 0.261 e. The van der Waals surface area contributed by atoms with Gasteiger partial charge in [-0.15, -0.1) is 11.3 Å². The van der Waals surface area contributed by atoms with Crippen molar-refractivity contribution >= 4 is 16.3 Å². The fourth-order valence-corrected chi connectivity index (χ4v) is 5.44. The highest BCUT2D eigenvalue weighted by molar-refractivity contribution is 7.15. The van der Waals surface area contributed by atoms with Gasteiger partial charge in [0.2, 0.25) is 0 Å². The lowest BCUT2D eigenvalue weighted by Gasteiger charge is -2.39. The van der Waals surface area contributed by atoms with Gasteiger partial charge >= 0.3 is 0 Å². The van der Waals surface area contributed by atoms with Crippen molar-refractivity contribution in [2.45, 2.75) is 25.7 Å². The van der Waals surface area contributed by atoms with E-state index in [0.717, 1.165) is 47.6 Å². The molecular weight excluding hydrogens is 332 g/mol. The smallest absolute Gasteiger partial charge is 0.261 e. The fraction of sp³-hybridized carbons (Fsp3) is 0.474. The van der Waals surface area contributed by atoms with Gasteiger partial charge in [-0.2, -0.15) is 0 Å². The monoisotopic (exact) mass is 354 g/mol. The molecule has 0 aromatic carbocycles. The van der Waals surface area contributed by atoms with Crippen LogP contribution in [0.3, 0.4) is 0 Å². The lowest BCUT2D eigenvalue weighted by atomic mass is 9.65. The zero-order valence-corrected chi connectivity index (χ0v) is 15.1. The van der Waals surface area contributed by atoms with Crippen LogP contribution >= 0.6 is 11.3 Å². The van der Waals surface area contributed by atoms with Gasteiger partial charge in [-0.1, -0.05) is 0 Å². The molecule has 6 heteroatoms. The number of thiazole rings is 1. The highest BCUT2D eigenvalue weighted by Crippen LogP contribution is 2.50. The minimum Gasteiger partial charge on any atom is -0.365 e. The van der Waals surface area contributed by atoms with Crippen molar-refractivity contribution in [1.29, 1.82) is 0 Å². The Balaban J connectivity index is 1.28. The van der Waals surface area contributed by atoms with Gasteiger partial charge in [-0.25, -0.2) is 4.98 Å². The van der Waals surface area contributed by atoms with Gasteiger partial charge in [-0.05, 0) is 43.7 Å². The molecule has 0 amide bonds. The Hall–Kier alpha value is -1.92. The summed E-state index contributed by atoms with van der Waals surface area (Å²) in [5.41, 5.74) is 3.26. The first-order valence-electron chi connectivity index (χ1n) is 9.01. The van der Waals surface area contributed by atoms with E-state index < -0.39 is 0 Å². The van der Waals surface area contributed by atoms with Gasteiger partial charge in [0.25, 0.3) is 5.56 Å². The molecule has 1 saturated heterocycles. The first-order chi connectivity index (χ1) is 12.2. The van der Waals surface area contributed by atoms with Crippen LogP contribution in [-0.2, 0) is 6.42 Å². The summed E-state index contributed by atoms with van der Waals surface area (Å²) in [7, 11) is 0. The first-order valence-corrected chi connectivity index (χ1v) is 9.89. The second kappa shape index (κ2) is 5.81. The van der Waals surface area contributed by atoms with E-state index in [1.165, 1.54) is 30.0 Å². The summed E-state index contributed by atoms with van der Waals surface area (Å²) in [5, 5.41) is 1.92. The number of hydrogen-bond acceptors (Lipinski definition) is 4. The number of aromatic amines is 1. The van der Waals surface area contributed by atoms with Crippen LogP contribution in [0.2, 0.25) is 0 Å². The Bertz CT molecular complexity index is 958. The van der Waals surface area contributed by atoms with Crippen molar-refractivity contribution in [2.24, 2.45) is 11.8 Å². The summed E-state index contributed by atoms with van der Waals surface area (Å²) in [6.45, 7) is 5.25. The average molecular weight is 354 g/mol. The topological polar surface area (TPSA) is 53.4 Å². The van der Waals surface area contributed by atoms with Crippen LogP contribution < -0.4 is 5.56 Å². The highest BCUT2D eigenvalue weighted by atomic mass is 32.1. The lowest BCUT2D eigenvalue weighted by molar-refractivity contribution is 0.187. The Morgan fingerprint density at radius 2 is 2.32 bits per heavy atom. The number of H-pyrrole nitrogens is 1. The molecule has 0 radical (unpaired) electrons. The van der Waals surface area contributed by atoms with Crippen molar-refractivity contribution in [3.05, 3.63) is 57.2 Å². The Morgan fingerprint density at radius 1 is 1.40 bits per heavy atom. The molecule has 3 aromatic heterocycles. The zero-order valence-electron chi connectivity index (χ0n) is 14.3. The second-order valence-electron chi connectivity index (χ2n) is 7.44.